The molecular weight excluding hydrogens is 268 g/mol. The minimum Gasteiger partial charge on any atom is -0.337 e. The summed E-state index contributed by atoms with van der Waals surface area (Å²) in [5.41, 5.74) is 0. The van der Waals surface area contributed by atoms with Crippen LogP contribution >= 0.6 is 23.4 Å². The standard InChI is InChI=1S/C13H17ClN2OS/c1-10-8-15-6-7-16(10)13(17)9-18-12-4-2-11(14)3-5-12/h2-5,10,15H,6-9H2,1H3. The van der Waals surface area contributed by atoms with Gasteiger partial charge in [0.15, 0.2) is 0 Å². The van der Waals surface area contributed by atoms with Gasteiger partial charge in [0.1, 0.15) is 0 Å². The van der Waals surface area contributed by atoms with E-state index in [2.05, 4.69) is 12.2 Å². The van der Waals surface area contributed by atoms with E-state index >= 15 is 0 Å². The Hall–Kier alpha value is -0.710. The number of nitrogens with zero attached hydrogens (tertiary/aromatic N) is 1. The summed E-state index contributed by atoms with van der Waals surface area (Å²) < 4.78 is 0. The smallest absolute Gasteiger partial charge is 0.233 e. The quantitative estimate of drug-likeness (QED) is 0.864. The lowest BCUT2D eigenvalue weighted by molar-refractivity contribution is -0.131. The Bertz CT molecular complexity index is 410. The van der Waals surface area contributed by atoms with Gasteiger partial charge in [-0.15, -0.1) is 11.8 Å². The second-order valence-corrected chi connectivity index (χ2v) is 5.87. The summed E-state index contributed by atoms with van der Waals surface area (Å²) in [6.45, 7) is 4.66. The zero-order valence-corrected chi connectivity index (χ0v) is 11.9. The van der Waals surface area contributed by atoms with Gasteiger partial charge in [-0.25, -0.2) is 0 Å². The van der Waals surface area contributed by atoms with E-state index < -0.39 is 0 Å². The summed E-state index contributed by atoms with van der Waals surface area (Å²) in [7, 11) is 0. The first kappa shape index (κ1) is 13.7. The van der Waals surface area contributed by atoms with Gasteiger partial charge in [0, 0.05) is 35.6 Å². The number of carbonyl (C=O) groups excluding carboxylic acids is 1. The van der Waals surface area contributed by atoms with Gasteiger partial charge in [0.25, 0.3) is 0 Å². The lowest BCUT2D eigenvalue weighted by atomic mass is 10.2. The van der Waals surface area contributed by atoms with E-state index in [1.165, 1.54) is 0 Å². The minimum absolute atomic E-state index is 0.212. The first-order chi connectivity index (χ1) is 8.66. The third-order valence-corrected chi connectivity index (χ3v) is 4.25. The number of amides is 1. The van der Waals surface area contributed by atoms with E-state index in [-0.39, 0.29) is 11.9 Å². The van der Waals surface area contributed by atoms with Crippen LogP contribution in [0.3, 0.4) is 0 Å². The Morgan fingerprint density at radius 1 is 1.50 bits per heavy atom. The number of nitrogens with one attached hydrogen (secondary N) is 1. The molecule has 0 bridgehead atoms. The molecular formula is C13H17ClN2OS. The molecule has 1 aromatic rings. The largest absolute Gasteiger partial charge is 0.337 e. The lowest BCUT2D eigenvalue weighted by Gasteiger charge is -2.33. The molecule has 0 spiro atoms. The fourth-order valence-electron chi connectivity index (χ4n) is 1.97. The maximum atomic E-state index is 12.1. The molecule has 1 fully saturated rings. The monoisotopic (exact) mass is 284 g/mol. The van der Waals surface area contributed by atoms with E-state index in [9.17, 15) is 4.79 Å². The van der Waals surface area contributed by atoms with Crippen molar-refractivity contribution in [1.82, 2.24) is 10.2 Å². The van der Waals surface area contributed by atoms with Crippen molar-refractivity contribution >= 4 is 29.3 Å². The molecule has 0 saturated carbocycles. The summed E-state index contributed by atoms with van der Waals surface area (Å²) in [6, 6.07) is 7.88. The molecule has 1 aliphatic heterocycles. The fourth-order valence-corrected chi connectivity index (χ4v) is 2.88. The molecule has 0 aromatic heterocycles. The van der Waals surface area contributed by atoms with Crippen molar-refractivity contribution in [2.45, 2.75) is 17.9 Å². The number of halogens is 1. The number of piperazine rings is 1. The molecule has 5 heteroatoms. The summed E-state index contributed by atoms with van der Waals surface area (Å²) in [4.78, 5) is 15.1. The topological polar surface area (TPSA) is 32.3 Å². The maximum Gasteiger partial charge on any atom is 0.233 e. The number of hydrogen-bond donors (Lipinski definition) is 1. The van der Waals surface area contributed by atoms with Crippen LogP contribution in [0.2, 0.25) is 5.02 Å². The summed E-state index contributed by atoms with van der Waals surface area (Å²) in [6.07, 6.45) is 0. The molecule has 1 aliphatic rings. The highest BCUT2D eigenvalue weighted by Crippen LogP contribution is 2.21. The van der Waals surface area contributed by atoms with Crippen molar-refractivity contribution in [3.63, 3.8) is 0 Å². The van der Waals surface area contributed by atoms with Crippen LogP contribution in [0, 0.1) is 0 Å². The van der Waals surface area contributed by atoms with Gasteiger partial charge in [0.2, 0.25) is 5.91 Å². The lowest BCUT2D eigenvalue weighted by Crippen LogP contribution is -2.52. The Kier molecular flexibility index (Phi) is 4.92. The highest BCUT2D eigenvalue weighted by Gasteiger charge is 2.22. The van der Waals surface area contributed by atoms with Crippen molar-refractivity contribution < 1.29 is 4.79 Å². The average Bonchev–Trinajstić information content (AvgIpc) is 2.38. The van der Waals surface area contributed by atoms with Gasteiger partial charge in [-0.3, -0.25) is 4.79 Å². The van der Waals surface area contributed by atoms with Gasteiger partial charge in [-0.05, 0) is 31.2 Å². The van der Waals surface area contributed by atoms with E-state index in [0.717, 1.165) is 29.6 Å². The van der Waals surface area contributed by atoms with Gasteiger partial charge < -0.3 is 10.2 Å². The predicted octanol–water partition coefficient (Wildman–Crippen LogP) is 2.25. The molecule has 18 heavy (non-hydrogen) atoms. The highest BCUT2D eigenvalue weighted by atomic mass is 35.5. The van der Waals surface area contributed by atoms with Crippen LogP contribution in [-0.2, 0) is 4.79 Å². The Labute approximate surface area is 117 Å². The van der Waals surface area contributed by atoms with Crippen LogP contribution in [0.25, 0.3) is 0 Å². The molecule has 1 heterocycles. The normalized spacial score (nSPS) is 19.9. The molecule has 1 atom stereocenters. The SMILES string of the molecule is CC1CNCCN1C(=O)CSc1ccc(Cl)cc1. The van der Waals surface area contributed by atoms with Crippen LogP contribution in [-0.4, -0.2) is 42.2 Å². The van der Waals surface area contributed by atoms with Crippen LogP contribution in [0.1, 0.15) is 6.92 Å². The Morgan fingerprint density at radius 3 is 2.89 bits per heavy atom. The van der Waals surface area contributed by atoms with Crippen molar-refractivity contribution in [3.05, 3.63) is 29.3 Å². The summed E-state index contributed by atoms with van der Waals surface area (Å²) in [5.74, 6) is 0.704. The summed E-state index contributed by atoms with van der Waals surface area (Å²) >= 11 is 7.39. The average molecular weight is 285 g/mol. The highest BCUT2D eigenvalue weighted by molar-refractivity contribution is 8.00. The van der Waals surface area contributed by atoms with Gasteiger partial charge >= 0.3 is 0 Å². The van der Waals surface area contributed by atoms with Crippen molar-refractivity contribution in [2.24, 2.45) is 0 Å². The van der Waals surface area contributed by atoms with Crippen LogP contribution in [0.15, 0.2) is 29.2 Å². The Balaban J connectivity index is 1.85. The van der Waals surface area contributed by atoms with Crippen molar-refractivity contribution in [1.29, 1.82) is 0 Å². The zero-order chi connectivity index (χ0) is 13.0. The minimum atomic E-state index is 0.212. The van der Waals surface area contributed by atoms with Crippen molar-refractivity contribution in [2.75, 3.05) is 25.4 Å². The molecule has 1 unspecified atom stereocenters. The fraction of sp³-hybridized carbons (Fsp3) is 0.462. The number of rotatable bonds is 3. The molecule has 98 valence electrons. The molecule has 2 rings (SSSR count). The van der Waals surface area contributed by atoms with E-state index in [1.807, 2.05) is 29.2 Å². The van der Waals surface area contributed by atoms with Gasteiger partial charge in [0.05, 0.1) is 5.75 Å². The number of benzene rings is 1. The second kappa shape index (κ2) is 6.45. The first-order valence-corrected chi connectivity index (χ1v) is 7.42. The van der Waals surface area contributed by atoms with E-state index in [1.54, 1.807) is 11.8 Å². The van der Waals surface area contributed by atoms with Crippen molar-refractivity contribution in [3.8, 4) is 0 Å². The second-order valence-electron chi connectivity index (χ2n) is 4.38. The number of thioether (sulfide) groups is 1. The van der Waals surface area contributed by atoms with E-state index in [0.29, 0.717) is 5.75 Å². The molecule has 0 radical (unpaired) electrons. The number of carbonyl (C=O) groups is 1. The molecule has 3 nitrogen and oxygen atoms in total. The molecule has 0 aliphatic carbocycles. The molecule has 1 N–H and O–H groups in total. The summed E-state index contributed by atoms with van der Waals surface area (Å²) in [5, 5.41) is 4.01. The third kappa shape index (κ3) is 3.64. The maximum absolute atomic E-state index is 12.1. The zero-order valence-electron chi connectivity index (χ0n) is 10.4. The third-order valence-electron chi connectivity index (χ3n) is 3.00. The van der Waals surface area contributed by atoms with Gasteiger partial charge in [-0.2, -0.15) is 0 Å². The molecule has 1 saturated heterocycles. The molecule has 1 amide bonds. The van der Waals surface area contributed by atoms with Crippen LogP contribution in [0.5, 0.6) is 0 Å². The van der Waals surface area contributed by atoms with E-state index in [4.69, 9.17) is 11.6 Å². The van der Waals surface area contributed by atoms with Gasteiger partial charge in [-0.1, -0.05) is 11.6 Å². The molecule has 1 aromatic carbocycles. The Morgan fingerprint density at radius 2 is 2.22 bits per heavy atom. The predicted molar refractivity (Wildman–Crippen MR) is 76.2 cm³/mol. The van der Waals surface area contributed by atoms with Crippen LogP contribution in [0.4, 0.5) is 0 Å². The first-order valence-electron chi connectivity index (χ1n) is 6.05. The van der Waals surface area contributed by atoms with Crippen LogP contribution < -0.4 is 5.32 Å². The number of hydrogen-bond acceptors (Lipinski definition) is 3.